The van der Waals surface area contributed by atoms with Crippen molar-refractivity contribution in [3.63, 3.8) is 0 Å². The van der Waals surface area contributed by atoms with Gasteiger partial charge >= 0.3 is 11.8 Å². The summed E-state index contributed by atoms with van der Waals surface area (Å²) >= 11 is 0. The zero-order valence-corrected chi connectivity index (χ0v) is 18.7. The Morgan fingerprint density at radius 3 is 2.12 bits per heavy atom. The molecule has 1 aliphatic rings. The Bertz CT molecular complexity index is 911. The lowest BCUT2D eigenvalue weighted by molar-refractivity contribution is -0.136. The Balaban J connectivity index is 1.41. The number of piperazine rings is 1. The van der Waals surface area contributed by atoms with Crippen molar-refractivity contribution in [1.29, 1.82) is 0 Å². The summed E-state index contributed by atoms with van der Waals surface area (Å²) in [4.78, 5) is 29.0. The van der Waals surface area contributed by atoms with Gasteiger partial charge in [0, 0.05) is 51.0 Å². The van der Waals surface area contributed by atoms with E-state index in [1.165, 1.54) is 19.9 Å². The van der Waals surface area contributed by atoms with Crippen molar-refractivity contribution in [2.45, 2.75) is 0 Å². The summed E-state index contributed by atoms with van der Waals surface area (Å²) in [6.45, 7) is 4.64. The highest BCUT2D eigenvalue weighted by atomic mass is 16.5. The molecular formula is C23H30N4O5. The van der Waals surface area contributed by atoms with Gasteiger partial charge in [-0.15, -0.1) is 0 Å². The lowest BCUT2D eigenvalue weighted by Gasteiger charge is -2.36. The fourth-order valence-corrected chi connectivity index (χ4v) is 3.52. The molecule has 1 aliphatic heterocycles. The van der Waals surface area contributed by atoms with Crippen LogP contribution in [0.1, 0.15) is 0 Å². The lowest BCUT2D eigenvalue weighted by Crippen LogP contribution is -2.49. The molecule has 0 unspecified atom stereocenters. The molecule has 0 saturated carbocycles. The number of amides is 2. The van der Waals surface area contributed by atoms with Crippen LogP contribution in [0.5, 0.6) is 17.2 Å². The van der Waals surface area contributed by atoms with E-state index >= 15 is 0 Å². The SMILES string of the molecule is COc1ccc(N2CCN(CCNC(=O)C(=O)Nc3cc(OC)ccc3OC)CC2)cc1. The molecular weight excluding hydrogens is 412 g/mol. The van der Waals surface area contributed by atoms with Crippen molar-refractivity contribution in [3.8, 4) is 17.2 Å². The van der Waals surface area contributed by atoms with E-state index in [0.29, 0.717) is 30.3 Å². The van der Waals surface area contributed by atoms with Crippen LogP contribution >= 0.6 is 0 Å². The quantitative estimate of drug-likeness (QED) is 0.600. The van der Waals surface area contributed by atoms with Crippen LogP contribution in [0.2, 0.25) is 0 Å². The minimum atomic E-state index is -0.749. The number of ether oxygens (including phenoxy) is 3. The zero-order valence-electron chi connectivity index (χ0n) is 18.7. The molecule has 1 heterocycles. The van der Waals surface area contributed by atoms with Crippen LogP contribution in [0.25, 0.3) is 0 Å². The van der Waals surface area contributed by atoms with Gasteiger partial charge in [-0.25, -0.2) is 0 Å². The fraction of sp³-hybridized carbons (Fsp3) is 0.391. The van der Waals surface area contributed by atoms with Gasteiger partial charge in [0.1, 0.15) is 17.2 Å². The normalized spacial score (nSPS) is 13.9. The van der Waals surface area contributed by atoms with E-state index in [0.717, 1.165) is 31.9 Å². The Morgan fingerprint density at radius 2 is 1.50 bits per heavy atom. The molecule has 2 aromatic rings. The third kappa shape index (κ3) is 6.04. The molecule has 2 N–H and O–H groups in total. The Hall–Kier alpha value is -3.46. The number of anilines is 2. The van der Waals surface area contributed by atoms with E-state index in [9.17, 15) is 9.59 Å². The molecule has 172 valence electrons. The van der Waals surface area contributed by atoms with E-state index < -0.39 is 11.8 Å². The largest absolute Gasteiger partial charge is 0.497 e. The van der Waals surface area contributed by atoms with Gasteiger partial charge in [0.05, 0.1) is 27.0 Å². The predicted molar refractivity (Wildman–Crippen MR) is 123 cm³/mol. The van der Waals surface area contributed by atoms with E-state index in [1.807, 2.05) is 12.1 Å². The molecule has 2 amide bonds. The van der Waals surface area contributed by atoms with Crippen LogP contribution in [0.3, 0.4) is 0 Å². The third-order valence-electron chi connectivity index (χ3n) is 5.38. The summed E-state index contributed by atoms with van der Waals surface area (Å²) in [5, 5.41) is 5.25. The minimum absolute atomic E-state index is 0.377. The zero-order chi connectivity index (χ0) is 22.9. The number of hydrogen-bond donors (Lipinski definition) is 2. The average molecular weight is 443 g/mol. The maximum absolute atomic E-state index is 12.3. The molecule has 1 fully saturated rings. The van der Waals surface area contributed by atoms with E-state index in [1.54, 1.807) is 25.3 Å². The van der Waals surface area contributed by atoms with Gasteiger partial charge in [0.2, 0.25) is 0 Å². The highest BCUT2D eigenvalue weighted by molar-refractivity contribution is 6.39. The number of carbonyl (C=O) groups excluding carboxylic acids is 2. The summed E-state index contributed by atoms with van der Waals surface area (Å²) in [7, 11) is 4.68. The van der Waals surface area contributed by atoms with Crippen LogP contribution in [-0.4, -0.2) is 77.3 Å². The number of hydrogen-bond acceptors (Lipinski definition) is 7. The van der Waals surface area contributed by atoms with E-state index in [4.69, 9.17) is 14.2 Å². The summed E-state index contributed by atoms with van der Waals surface area (Å²) in [5.41, 5.74) is 1.55. The first kappa shape index (κ1) is 23.2. The Kier molecular flexibility index (Phi) is 8.15. The van der Waals surface area contributed by atoms with Crippen molar-refractivity contribution in [2.24, 2.45) is 0 Å². The fourth-order valence-electron chi connectivity index (χ4n) is 3.52. The monoisotopic (exact) mass is 442 g/mol. The predicted octanol–water partition coefficient (Wildman–Crippen LogP) is 1.59. The van der Waals surface area contributed by atoms with Crippen molar-refractivity contribution in [2.75, 3.05) is 70.8 Å². The molecule has 9 heteroatoms. The number of nitrogens with zero attached hydrogens (tertiary/aromatic N) is 2. The van der Waals surface area contributed by atoms with Crippen molar-refractivity contribution >= 4 is 23.2 Å². The lowest BCUT2D eigenvalue weighted by atomic mass is 10.2. The van der Waals surface area contributed by atoms with Gasteiger partial charge in [0.15, 0.2) is 0 Å². The van der Waals surface area contributed by atoms with Crippen LogP contribution in [-0.2, 0) is 9.59 Å². The molecule has 0 radical (unpaired) electrons. The number of methoxy groups -OCH3 is 3. The highest BCUT2D eigenvalue weighted by Gasteiger charge is 2.19. The first-order valence-corrected chi connectivity index (χ1v) is 10.5. The molecule has 9 nitrogen and oxygen atoms in total. The maximum atomic E-state index is 12.3. The molecule has 2 aromatic carbocycles. The Morgan fingerprint density at radius 1 is 0.844 bits per heavy atom. The highest BCUT2D eigenvalue weighted by Crippen LogP contribution is 2.28. The second kappa shape index (κ2) is 11.2. The smallest absolute Gasteiger partial charge is 0.313 e. The minimum Gasteiger partial charge on any atom is -0.497 e. The van der Waals surface area contributed by atoms with Gasteiger partial charge in [-0.3, -0.25) is 14.5 Å². The average Bonchev–Trinajstić information content (AvgIpc) is 2.84. The first-order valence-electron chi connectivity index (χ1n) is 10.5. The van der Waals surface area contributed by atoms with Gasteiger partial charge in [-0.2, -0.15) is 0 Å². The molecule has 0 bridgehead atoms. The number of rotatable bonds is 8. The van der Waals surface area contributed by atoms with Gasteiger partial charge in [-0.1, -0.05) is 0 Å². The molecule has 32 heavy (non-hydrogen) atoms. The molecule has 0 aromatic heterocycles. The van der Waals surface area contributed by atoms with Gasteiger partial charge in [0.25, 0.3) is 0 Å². The van der Waals surface area contributed by atoms with Crippen LogP contribution < -0.4 is 29.7 Å². The van der Waals surface area contributed by atoms with E-state index in [-0.39, 0.29) is 0 Å². The van der Waals surface area contributed by atoms with Crippen molar-refractivity contribution in [3.05, 3.63) is 42.5 Å². The van der Waals surface area contributed by atoms with Crippen molar-refractivity contribution < 1.29 is 23.8 Å². The standard InChI is InChI=1S/C23H30N4O5/c1-30-18-6-4-17(5-7-18)27-14-12-26(13-15-27)11-10-24-22(28)23(29)25-20-16-19(31-2)8-9-21(20)32-3/h4-9,16H,10-15H2,1-3H3,(H,24,28)(H,25,29). The molecule has 1 saturated heterocycles. The topological polar surface area (TPSA) is 92.4 Å². The maximum Gasteiger partial charge on any atom is 0.313 e. The second-order valence-corrected chi connectivity index (χ2v) is 7.30. The van der Waals surface area contributed by atoms with E-state index in [2.05, 4.69) is 32.6 Å². The second-order valence-electron chi connectivity index (χ2n) is 7.30. The third-order valence-corrected chi connectivity index (χ3v) is 5.38. The Labute approximate surface area is 188 Å². The number of nitrogens with one attached hydrogen (secondary N) is 2. The molecule has 0 aliphatic carbocycles. The van der Waals surface area contributed by atoms with Crippen LogP contribution in [0, 0.1) is 0 Å². The number of benzene rings is 2. The summed E-state index contributed by atoms with van der Waals surface area (Å²) in [6, 6.07) is 13.0. The molecule has 0 atom stereocenters. The first-order chi connectivity index (χ1) is 15.5. The van der Waals surface area contributed by atoms with Gasteiger partial charge in [-0.05, 0) is 36.4 Å². The van der Waals surface area contributed by atoms with Gasteiger partial charge < -0.3 is 29.7 Å². The van der Waals surface area contributed by atoms with Crippen molar-refractivity contribution in [1.82, 2.24) is 10.2 Å². The summed E-state index contributed by atoms with van der Waals surface area (Å²) in [5.74, 6) is 0.404. The van der Waals surface area contributed by atoms with Crippen LogP contribution in [0.4, 0.5) is 11.4 Å². The summed E-state index contributed by atoms with van der Waals surface area (Å²) in [6.07, 6.45) is 0. The number of carbonyl (C=O) groups is 2. The molecule has 0 spiro atoms. The summed E-state index contributed by atoms with van der Waals surface area (Å²) < 4.78 is 15.6. The molecule has 3 rings (SSSR count). The van der Waals surface area contributed by atoms with Crippen LogP contribution in [0.15, 0.2) is 42.5 Å².